The van der Waals surface area contributed by atoms with E-state index < -0.39 is 11.7 Å². The van der Waals surface area contributed by atoms with Crippen LogP contribution in [0.3, 0.4) is 0 Å². The lowest BCUT2D eigenvalue weighted by atomic mass is 10.2. The van der Waals surface area contributed by atoms with E-state index >= 15 is 0 Å². The van der Waals surface area contributed by atoms with E-state index in [4.69, 9.17) is 4.74 Å². The highest BCUT2D eigenvalue weighted by Crippen LogP contribution is 2.35. The Morgan fingerprint density at radius 3 is 3.11 bits per heavy atom. The molecule has 1 aromatic carbocycles. The van der Waals surface area contributed by atoms with Gasteiger partial charge in [-0.25, -0.2) is 4.39 Å². The molecule has 0 spiro atoms. The Labute approximate surface area is 109 Å². The van der Waals surface area contributed by atoms with E-state index in [0.717, 1.165) is 16.4 Å². The van der Waals surface area contributed by atoms with Gasteiger partial charge in [-0.3, -0.25) is 4.79 Å². The largest absolute Gasteiger partial charge is 0.488 e. The van der Waals surface area contributed by atoms with Gasteiger partial charge < -0.3 is 10.1 Å². The summed E-state index contributed by atoms with van der Waals surface area (Å²) in [4.78, 5) is 12.1. The summed E-state index contributed by atoms with van der Waals surface area (Å²) in [6, 6.07) is 7.85. The number of nitrogens with one attached hydrogen (secondary N) is 1. The summed E-state index contributed by atoms with van der Waals surface area (Å²) in [5.41, 5.74) is 0. The van der Waals surface area contributed by atoms with E-state index in [1.54, 1.807) is 11.8 Å². The van der Waals surface area contributed by atoms with Gasteiger partial charge in [0.25, 0.3) is 5.91 Å². The van der Waals surface area contributed by atoms with Gasteiger partial charge in [0.1, 0.15) is 11.9 Å². The first-order valence-electron chi connectivity index (χ1n) is 5.68. The lowest BCUT2D eigenvalue weighted by Gasteiger charge is -2.25. The van der Waals surface area contributed by atoms with Crippen molar-refractivity contribution < 1.29 is 13.9 Å². The Balaban J connectivity index is 1.80. The standard InChI is InChI=1S/C13H14FNO2S/c1-9(14)13(16)15-7-6-10-8-18-12-5-3-2-4-11(12)17-10/h2-5,10H,1,6-8H2,(H,15,16). The highest BCUT2D eigenvalue weighted by molar-refractivity contribution is 7.99. The average molecular weight is 267 g/mol. The lowest BCUT2D eigenvalue weighted by Crippen LogP contribution is -2.31. The molecule has 18 heavy (non-hydrogen) atoms. The number of fused-ring (bicyclic) bond motifs is 1. The lowest BCUT2D eigenvalue weighted by molar-refractivity contribution is -0.118. The molecule has 0 bridgehead atoms. The highest BCUT2D eigenvalue weighted by Gasteiger charge is 2.19. The molecule has 2 rings (SSSR count). The van der Waals surface area contributed by atoms with Crippen molar-refractivity contribution in [2.24, 2.45) is 0 Å². The Kier molecular flexibility index (Phi) is 4.25. The Morgan fingerprint density at radius 1 is 1.56 bits per heavy atom. The SMILES string of the molecule is C=C(F)C(=O)NCCC1CSc2ccccc2O1. The molecule has 1 aliphatic heterocycles. The first-order chi connectivity index (χ1) is 8.66. The van der Waals surface area contributed by atoms with Gasteiger partial charge in [-0.15, -0.1) is 11.8 Å². The van der Waals surface area contributed by atoms with Crippen molar-refractivity contribution in [3.8, 4) is 5.75 Å². The fraction of sp³-hybridized carbons (Fsp3) is 0.308. The van der Waals surface area contributed by atoms with Gasteiger partial charge in [0.15, 0.2) is 5.83 Å². The molecule has 3 nitrogen and oxygen atoms in total. The van der Waals surface area contributed by atoms with Crippen LogP contribution in [0.1, 0.15) is 6.42 Å². The third-order valence-corrected chi connectivity index (χ3v) is 3.75. The summed E-state index contributed by atoms with van der Waals surface area (Å²) in [5.74, 6) is 0.00169. The van der Waals surface area contributed by atoms with Crippen molar-refractivity contribution in [2.45, 2.75) is 17.4 Å². The number of rotatable bonds is 4. The third kappa shape index (κ3) is 3.26. The number of hydrogen-bond donors (Lipinski definition) is 1. The molecule has 1 N–H and O–H groups in total. The van der Waals surface area contributed by atoms with Crippen LogP contribution in [0.25, 0.3) is 0 Å². The fourth-order valence-electron chi connectivity index (χ4n) is 1.65. The zero-order chi connectivity index (χ0) is 13.0. The molecule has 1 aliphatic rings. The van der Waals surface area contributed by atoms with Crippen molar-refractivity contribution >= 4 is 17.7 Å². The van der Waals surface area contributed by atoms with Crippen LogP contribution >= 0.6 is 11.8 Å². The first kappa shape index (κ1) is 13.0. The highest BCUT2D eigenvalue weighted by atomic mass is 32.2. The fourth-order valence-corrected chi connectivity index (χ4v) is 2.68. The maximum absolute atomic E-state index is 12.4. The number of halogens is 1. The predicted octanol–water partition coefficient (Wildman–Crippen LogP) is 2.53. The summed E-state index contributed by atoms with van der Waals surface area (Å²) < 4.78 is 18.2. The number of thioether (sulfide) groups is 1. The van der Waals surface area contributed by atoms with Gasteiger partial charge >= 0.3 is 0 Å². The number of benzene rings is 1. The molecule has 1 amide bonds. The van der Waals surface area contributed by atoms with Crippen LogP contribution in [0.4, 0.5) is 4.39 Å². The molecular formula is C13H14FNO2S. The Morgan fingerprint density at radius 2 is 2.33 bits per heavy atom. The number of ether oxygens (including phenoxy) is 1. The summed E-state index contributed by atoms with van der Waals surface area (Å²) in [5, 5.41) is 2.45. The molecule has 0 aromatic heterocycles. The van der Waals surface area contributed by atoms with Gasteiger partial charge in [0.2, 0.25) is 0 Å². The molecule has 5 heteroatoms. The zero-order valence-corrected chi connectivity index (χ0v) is 10.6. The van der Waals surface area contributed by atoms with E-state index in [1.165, 1.54) is 0 Å². The van der Waals surface area contributed by atoms with Crippen molar-refractivity contribution in [2.75, 3.05) is 12.3 Å². The maximum atomic E-state index is 12.4. The quantitative estimate of drug-likeness (QED) is 0.852. The van der Waals surface area contributed by atoms with Crippen LogP contribution < -0.4 is 10.1 Å². The van der Waals surface area contributed by atoms with Crippen molar-refractivity contribution in [3.05, 3.63) is 36.7 Å². The van der Waals surface area contributed by atoms with Gasteiger partial charge in [-0.1, -0.05) is 18.7 Å². The second-order valence-electron chi connectivity index (χ2n) is 3.95. The third-order valence-electron chi connectivity index (χ3n) is 2.57. The number of para-hydroxylation sites is 1. The first-order valence-corrected chi connectivity index (χ1v) is 6.66. The van der Waals surface area contributed by atoms with Crippen LogP contribution in [-0.4, -0.2) is 24.3 Å². The van der Waals surface area contributed by atoms with Crippen molar-refractivity contribution in [3.63, 3.8) is 0 Å². The number of carbonyl (C=O) groups excluding carboxylic acids is 1. The number of hydrogen-bond acceptors (Lipinski definition) is 3. The second-order valence-corrected chi connectivity index (χ2v) is 5.01. The summed E-state index contributed by atoms with van der Waals surface area (Å²) >= 11 is 1.73. The monoisotopic (exact) mass is 267 g/mol. The van der Waals surface area contributed by atoms with E-state index in [0.29, 0.717) is 13.0 Å². The smallest absolute Gasteiger partial charge is 0.279 e. The summed E-state index contributed by atoms with van der Waals surface area (Å²) in [6.07, 6.45) is 0.693. The molecule has 0 aliphatic carbocycles. The zero-order valence-electron chi connectivity index (χ0n) is 9.82. The molecule has 0 fully saturated rings. The van der Waals surface area contributed by atoms with Crippen molar-refractivity contribution in [1.29, 1.82) is 0 Å². The number of amides is 1. The topological polar surface area (TPSA) is 38.3 Å². The van der Waals surface area contributed by atoms with Gasteiger partial charge in [-0.05, 0) is 12.1 Å². The minimum absolute atomic E-state index is 0.0399. The molecule has 0 radical (unpaired) electrons. The van der Waals surface area contributed by atoms with Crippen LogP contribution in [0.2, 0.25) is 0 Å². The minimum atomic E-state index is -0.959. The summed E-state index contributed by atoms with van der Waals surface area (Å²) in [6.45, 7) is 3.32. The van der Waals surface area contributed by atoms with Gasteiger partial charge in [0.05, 0.1) is 0 Å². The van der Waals surface area contributed by atoms with Crippen LogP contribution in [0.15, 0.2) is 41.6 Å². The molecule has 0 saturated carbocycles. The predicted molar refractivity (Wildman–Crippen MR) is 69.5 cm³/mol. The maximum Gasteiger partial charge on any atom is 0.279 e. The minimum Gasteiger partial charge on any atom is -0.488 e. The molecule has 1 atom stereocenters. The summed E-state index contributed by atoms with van der Waals surface area (Å²) in [7, 11) is 0. The van der Waals surface area contributed by atoms with Gasteiger partial charge in [-0.2, -0.15) is 0 Å². The van der Waals surface area contributed by atoms with E-state index in [-0.39, 0.29) is 6.10 Å². The molecule has 0 saturated heterocycles. The molecule has 1 unspecified atom stereocenters. The molecule has 1 heterocycles. The molecule has 96 valence electrons. The van der Waals surface area contributed by atoms with Crippen LogP contribution in [-0.2, 0) is 4.79 Å². The van der Waals surface area contributed by atoms with Gasteiger partial charge in [0, 0.05) is 23.6 Å². The number of carbonyl (C=O) groups is 1. The van der Waals surface area contributed by atoms with E-state index in [2.05, 4.69) is 11.9 Å². The molecular weight excluding hydrogens is 253 g/mol. The normalized spacial score (nSPS) is 17.5. The Bertz CT molecular complexity index is 464. The van der Waals surface area contributed by atoms with Crippen molar-refractivity contribution in [1.82, 2.24) is 5.32 Å². The average Bonchev–Trinajstić information content (AvgIpc) is 2.38. The molecule has 1 aromatic rings. The Hall–Kier alpha value is -1.49. The van der Waals surface area contributed by atoms with E-state index in [1.807, 2.05) is 24.3 Å². The van der Waals surface area contributed by atoms with E-state index in [9.17, 15) is 9.18 Å². The van der Waals surface area contributed by atoms with Crippen LogP contribution in [0.5, 0.6) is 5.75 Å². The second kappa shape index (κ2) is 5.91. The van der Waals surface area contributed by atoms with Crippen LogP contribution in [0, 0.1) is 0 Å².